The highest BCUT2D eigenvalue weighted by Crippen LogP contribution is 2.18. The molecule has 1 aromatic rings. The van der Waals surface area contributed by atoms with Gasteiger partial charge in [-0.3, -0.25) is 0 Å². The molecule has 0 amide bonds. The van der Waals surface area contributed by atoms with E-state index >= 15 is 0 Å². The van der Waals surface area contributed by atoms with Gasteiger partial charge in [0, 0.05) is 4.90 Å². The number of carboxylic acid groups (broad SMARTS) is 1. The first-order valence-electron chi connectivity index (χ1n) is 4.75. The van der Waals surface area contributed by atoms with E-state index in [1.165, 1.54) is 6.08 Å². The molecule has 0 aliphatic carbocycles. The Labute approximate surface area is 98.4 Å². The molecule has 0 aromatic heterocycles. The first kappa shape index (κ1) is 12.3. The van der Waals surface area contributed by atoms with E-state index in [4.69, 9.17) is 10.4 Å². The van der Waals surface area contributed by atoms with Crippen molar-refractivity contribution in [3.05, 3.63) is 35.4 Å². The summed E-state index contributed by atoms with van der Waals surface area (Å²) >= 11 is 1.71. The first-order valence-corrected chi connectivity index (χ1v) is 5.74. The molecule has 0 heterocycles. The van der Waals surface area contributed by atoms with Crippen LogP contribution < -0.4 is 0 Å². The maximum Gasteiger partial charge on any atom is 0.346 e. The van der Waals surface area contributed by atoms with Gasteiger partial charge in [0.2, 0.25) is 0 Å². The highest BCUT2D eigenvalue weighted by Gasteiger charge is 2.05. The Bertz CT molecular complexity index is 443. The molecule has 0 atom stereocenters. The molecule has 1 rings (SSSR count). The van der Waals surface area contributed by atoms with Gasteiger partial charge in [-0.25, -0.2) is 4.79 Å². The molecule has 16 heavy (non-hydrogen) atoms. The Morgan fingerprint density at radius 3 is 2.56 bits per heavy atom. The second-order valence-electron chi connectivity index (χ2n) is 2.98. The Kier molecular flexibility index (Phi) is 4.62. The third-order valence-electron chi connectivity index (χ3n) is 1.85. The average Bonchev–Trinajstić information content (AvgIpc) is 2.28. The van der Waals surface area contributed by atoms with Crippen LogP contribution in [0.1, 0.15) is 12.5 Å². The van der Waals surface area contributed by atoms with Crippen LogP contribution in [0.15, 0.2) is 34.7 Å². The fourth-order valence-corrected chi connectivity index (χ4v) is 1.80. The van der Waals surface area contributed by atoms with E-state index in [1.807, 2.05) is 12.1 Å². The summed E-state index contributed by atoms with van der Waals surface area (Å²) in [6.45, 7) is 2.07. The lowest BCUT2D eigenvalue weighted by Gasteiger charge is -1.99. The molecule has 0 spiro atoms. The van der Waals surface area contributed by atoms with Gasteiger partial charge in [0.05, 0.1) is 0 Å². The fourth-order valence-electron chi connectivity index (χ4n) is 1.14. The first-order chi connectivity index (χ1) is 7.67. The normalized spacial score (nSPS) is 10.9. The summed E-state index contributed by atoms with van der Waals surface area (Å²) in [7, 11) is 0. The van der Waals surface area contributed by atoms with Gasteiger partial charge < -0.3 is 5.11 Å². The summed E-state index contributed by atoms with van der Waals surface area (Å²) in [6, 6.07) is 9.08. The number of nitrogens with zero attached hydrogens (tertiary/aromatic N) is 1. The zero-order valence-electron chi connectivity index (χ0n) is 8.80. The number of aliphatic carboxylic acids is 1. The SMILES string of the molecule is CCSc1ccc(/C=C(\C#N)C(=O)O)cc1. The van der Waals surface area contributed by atoms with E-state index in [9.17, 15) is 4.79 Å². The minimum atomic E-state index is -1.20. The summed E-state index contributed by atoms with van der Waals surface area (Å²) in [6.07, 6.45) is 1.36. The lowest BCUT2D eigenvalue weighted by molar-refractivity contribution is -0.132. The topological polar surface area (TPSA) is 61.1 Å². The summed E-state index contributed by atoms with van der Waals surface area (Å²) in [4.78, 5) is 11.7. The van der Waals surface area contributed by atoms with Gasteiger partial charge in [0.15, 0.2) is 0 Å². The maximum atomic E-state index is 10.6. The molecular weight excluding hydrogens is 222 g/mol. The molecule has 1 N–H and O–H groups in total. The van der Waals surface area contributed by atoms with Crippen molar-refractivity contribution < 1.29 is 9.90 Å². The van der Waals surface area contributed by atoms with Gasteiger partial charge in [-0.15, -0.1) is 11.8 Å². The van der Waals surface area contributed by atoms with Crippen molar-refractivity contribution in [2.24, 2.45) is 0 Å². The summed E-state index contributed by atoms with van der Waals surface area (Å²) in [5.41, 5.74) is 0.468. The molecule has 0 unspecified atom stereocenters. The number of carbonyl (C=O) groups is 1. The van der Waals surface area contributed by atoms with E-state index in [2.05, 4.69) is 6.92 Å². The van der Waals surface area contributed by atoms with E-state index in [-0.39, 0.29) is 5.57 Å². The van der Waals surface area contributed by atoms with Gasteiger partial charge in [-0.05, 0) is 29.5 Å². The molecule has 4 heteroatoms. The number of hydrogen-bond donors (Lipinski definition) is 1. The van der Waals surface area contributed by atoms with Crippen molar-refractivity contribution in [3.8, 4) is 6.07 Å². The van der Waals surface area contributed by atoms with Crippen molar-refractivity contribution in [2.75, 3.05) is 5.75 Å². The smallest absolute Gasteiger partial charge is 0.346 e. The van der Waals surface area contributed by atoms with E-state index < -0.39 is 5.97 Å². The van der Waals surface area contributed by atoms with Crippen molar-refractivity contribution in [1.29, 1.82) is 5.26 Å². The molecule has 0 aliphatic rings. The highest BCUT2D eigenvalue weighted by atomic mass is 32.2. The Morgan fingerprint density at radius 1 is 1.50 bits per heavy atom. The van der Waals surface area contributed by atoms with Gasteiger partial charge in [-0.2, -0.15) is 5.26 Å². The number of benzene rings is 1. The largest absolute Gasteiger partial charge is 0.477 e. The van der Waals surface area contributed by atoms with Gasteiger partial charge >= 0.3 is 5.97 Å². The monoisotopic (exact) mass is 233 g/mol. The zero-order valence-corrected chi connectivity index (χ0v) is 9.62. The highest BCUT2D eigenvalue weighted by molar-refractivity contribution is 7.99. The second kappa shape index (κ2) is 5.99. The van der Waals surface area contributed by atoms with Crippen LogP contribution in [0.25, 0.3) is 6.08 Å². The predicted molar refractivity (Wildman–Crippen MR) is 64.1 cm³/mol. The molecule has 0 saturated carbocycles. The van der Waals surface area contributed by atoms with Crippen molar-refractivity contribution >= 4 is 23.8 Å². The summed E-state index contributed by atoms with van der Waals surface area (Å²) in [5, 5.41) is 17.3. The van der Waals surface area contributed by atoms with Crippen molar-refractivity contribution in [2.45, 2.75) is 11.8 Å². The van der Waals surface area contributed by atoms with Crippen LogP contribution in [0.2, 0.25) is 0 Å². The lowest BCUT2D eigenvalue weighted by Crippen LogP contribution is -1.97. The van der Waals surface area contributed by atoms with Gasteiger partial charge in [0.1, 0.15) is 11.6 Å². The molecule has 0 radical (unpaired) electrons. The van der Waals surface area contributed by atoms with Crippen molar-refractivity contribution in [1.82, 2.24) is 0 Å². The number of rotatable bonds is 4. The molecule has 0 aliphatic heterocycles. The van der Waals surface area contributed by atoms with E-state index in [1.54, 1.807) is 30.0 Å². The Hall–Kier alpha value is -1.73. The number of nitriles is 1. The maximum absolute atomic E-state index is 10.6. The van der Waals surface area contributed by atoms with E-state index in [0.717, 1.165) is 16.2 Å². The van der Waals surface area contributed by atoms with Crippen LogP contribution in [-0.2, 0) is 4.79 Å². The average molecular weight is 233 g/mol. The summed E-state index contributed by atoms with van der Waals surface area (Å²) < 4.78 is 0. The van der Waals surface area contributed by atoms with Crippen LogP contribution in [0.5, 0.6) is 0 Å². The molecule has 1 aromatic carbocycles. The van der Waals surface area contributed by atoms with E-state index in [0.29, 0.717) is 0 Å². The minimum Gasteiger partial charge on any atom is -0.477 e. The molecule has 3 nitrogen and oxygen atoms in total. The number of thioether (sulfide) groups is 1. The third kappa shape index (κ3) is 3.44. The van der Waals surface area contributed by atoms with Crippen LogP contribution in [0.4, 0.5) is 0 Å². The standard InChI is InChI=1S/C12H11NO2S/c1-2-16-11-5-3-9(4-6-11)7-10(8-13)12(14)15/h3-7H,2H2,1H3,(H,14,15)/b10-7+. The number of carboxylic acids is 1. The zero-order chi connectivity index (χ0) is 12.0. The molecule has 82 valence electrons. The van der Waals surface area contributed by atoms with Crippen LogP contribution in [0.3, 0.4) is 0 Å². The minimum absolute atomic E-state index is 0.254. The lowest BCUT2D eigenvalue weighted by atomic mass is 10.1. The summed E-state index contributed by atoms with van der Waals surface area (Å²) in [5.74, 6) is -0.206. The van der Waals surface area contributed by atoms with Crippen LogP contribution in [-0.4, -0.2) is 16.8 Å². The van der Waals surface area contributed by atoms with Gasteiger partial charge in [-0.1, -0.05) is 19.1 Å². The van der Waals surface area contributed by atoms with Crippen LogP contribution >= 0.6 is 11.8 Å². The van der Waals surface area contributed by atoms with Crippen LogP contribution in [0, 0.1) is 11.3 Å². The van der Waals surface area contributed by atoms with Crippen molar-refractivity contribution in [3.63, 3.8) is 0 Å². The third-order valence-corrected chi connectivity index (χ3v) is 2.75. The Morgan fingerprint density at radius 2 is 2.12 bits per heavy atom. The predicted octanol–water partition coefficient (Wildman–Crippen LogP) is 2.79. The quantitative estimate of drug-likeness (QED) is 0.493. The fraction of sp³-hybridized carbons (Fsp3) is 0.167. The van der Waals surface area contributed by atoms with Gasteiger partial charge in [0.25, 0.3) is 0 Å². The number of hydrogen-bond acceptors (Lipinski definition) is 3. The second-order valence-corrected chi connectivity index (χ2v) is 4.31. The molecule has 0 bridgehead atoms. The Balaban J connectivity index is 2.90. The molecule has 0 fully saturated rings. The molecule has 0 saturated heterocycles. The molecular formula is C12H11NO2S.